The summed E-state index contributed by atoms with van der Waals surface area (Å²) in [7, 11) is 0. The van der Waals surface area contributed by atoms with E-state index in [0.29, 0.717) is 34.5 Å². The average molecular weight is 403 g/mol. The minimum atomic E-state index is -0.218. The van der Waals surface area contributed by atoms with E-state index in [4.69, 9.17) is 4.42 Å². The van der Waals surface area contributed by atoms with E-state index in [1.807, 2.05) is 12.1 Å². The van der Waals surface area contributed by atoms with Gasteiger partial charge in [-0.05, 0) is 30.3 Å². The van der Waals surface area contributed by atoms with Crippen LogP contribution in [0.25, 0.3) is 10.9 Å². The number of nitrogens with one attached hydrogen (secondary N) is 1. The van der Waals surface area contributed by atoms with Crippen LogP contribution >= 0.6 is 0 Å². The molecule has 0 saturated carbocycles. The molecule has 7 nitrogen and oxygen atoms in total. The molecule has 0 fully saturated rings. The van der Waals surface area contributed by atoms with Gasteiger partial charge in [-0.15, -0.1) is 0 Å². The van der Waals surface area contributed by atoms with Crippen LogP contribution in [-0.4, -0.2) is 25.9 Å². The summed E-state index contributed by atoms with van der Waals surface area (Å²) in [5.74, 6) is 1.12. The van der Waals surface area contributed by atoms with Crippen LogP contribution in [0.4, 0.5) is 0 Å². The first kappa shape index (κ1) is 19.4. The lowest BCUT2D eigenvalue weighted by molar-refractivity contribution is -0.132. The first-order valence-corrected chi connectivity index (χ1v) is 9.65. The topological polar surface area (TPSA) is 99.4 Å². The number of benzene rings is 2. The van der Waals surface area contributed by atoms with Crippen molar-refractivity contribution in [3.63, 3.8) is 0 Å². The highest BCUT2D eigenvalue weighted by Crippen LogP contribution is 2.20. The molecule has 0 bridgehead atoms. The van der Waals surface area contributed by atoms with Crippen LogP contribution in [0, 0.1) is 0 Å². The SMILES string of the molecule is O=C(CCc1nc2ccccc2c(=O)[nH]1)N(Cc1ccco1)Cc1ccccc1O. The predicted molar refractivity (Wildman–Crippen MR) is 112 cm³/mol. The summed E-state index contributed by atoms with van der Waals surface area (Å²) in [6, 6.07) is 17.6. The van der Waals surface area contributed by atoms with Gasteiger partial charge in [0.2, 0.25) is 5.91 Å². The normalized spacial score (nSPS) is 10.9. The predicted octanol–water partition coefficient (Wildman–Crippen LogP) is 3.38. The standard InChI is InChI=1S/C23H21N3O4/c27-20-10-4-1-6-16(20)14-26(15-17-7-5-13-30-17)22(28)12-11-21-24-19-9-3-2-8-18(19)23(29)25-21/h1-10,13,27H,11-12,14-15H2,(H,24,25,29). The van der Waals surface area contributed by atoms with E-state index in [-0.39, 0.29) is 36.7 Å². The van der Waals surface area contributed by atoms with E-state index in [9.17, 15) is 14.7 Å². The van der Waals surface area contributed by atoms with Gasteiger partial charge in [0.15, 0.2) is 0 Å². The van der Waals surface area contributed by atoms with Crippen molar-refractivity contribution in [3.05, 3.63) is 94.4 Å². The number of para-hydroxylation sites is 2. The maximum atomic E-state index is 13.0. The zero-order valence-electron chi connectivity index (χ0n) is 16.2. The van der Waals surface area contributed by atoms with Gasteiger partial charge in [0.1, 0.15) is 17.3 Å². The highest BCUT2D eigenvalue weighted by molar-refractivity contribution is 5.78. The molecule has 0 radical (unpaired) electrons. The van der Waals surface area contributed by atoms with Crippen molar-refractivity contribution < 1.29 is 14.3 Å². The Morgan fingerprint density at radius 1 is 1.03 bits per heavy atom. The molecule has 7 heteroatoms. The number of aromatic amines is 1. The molecule has 2 aromatic carbocycles. The Labute approximate surface area is 172 Å². The summed E-state index contributed by atoms with van der Waals surface area (Å²) >= 11 is 0. The number of nitrogens with zero attached hydrogens (tertiary/aromatic N) is 2. The first-order valence-electron chi connectivity index (χ1n) is 9.65. The highest BCUT2D eigenvalue weighted by atomic mass is 16.3. The van der Waals surface area contributed by atoms with Crippen molar-refractivity contribution in [2.24, 2.45) is 0 Å². The lowest BCUT2D eigenvalue weighted by Gasteiger charge is -2.22. The van der Waals surface area contributed by atoms with E-state index in [0.717, 1.165) is 0 Å². The highest BCUT2D eigenvalue weighted by Gasteiger charge is 2.18. The van der Waals surface area contributed by atoms with E-state index in [2.05, 4.69) is 9.97 Å². The maximum absolute atomic E-state index is 13.0. The second-order valence-electron chi connectivity index (χ2n) is 6.99. The van der Waals surface area contributed by atoms with Crippen LogP contribution in [0.3, 0.4) is 0 Å². The largest absolute Gasteiger partial charge is 0.508 e. The van der Waals surface area contributed by atoms with Gasteiger partial charge in [-0.2, -0.15) is 0 Å². The Kier molecular flexibility index (Phi) is 5.61. The lowest BCUT2D eigenvalue weighted by Crippen LogP contribution is -2.30. The van der Waals surface area contributed by atoms with Crippen molar-refractivity contribution in [3.8, 4) is 5.75 Å². The Morgan fingerprint density at radius 3 is 2.63 bits per heavy atom. The number of hydrogen-bond donors (Lipinski definition) is 2. The number of rotatable bonds is 7. The second kappa shape index (κ2) is 8.65. The number of phenolic OH excluding ortho intramolecular Hbond substituents is 1. The molecular formula is C23H21N3O4. The second-order valence-corrected chi connectivity index (χ2v) is 6.99. The van der Waals surface area contributed by atoms with Gasteiger partial charge in [-0.1, -0.05) is 30.3 Å². The summed E-state index contributed by atoms with van der Waals surface area (Å²) in [4.78, 5) is 34.1. The molecule has 30 heavy (non-hydrogen) atoms. The summed E-state index contributed by atoms with van der Waals surface area (Å²) in [6.07, 6.45) is 2.02. The molecule has 4 aromatic rings. The molecule has 2 heterocycles. The summed E-state index contributed by atoms with van der Waals surface area (Å²) in [5.41, 5.74) is 1.03. The summed E-state index contributed by atoms with van der Waals surface area (Å²) in [6.45, 7) is 0.524. The fraction of sp³-hybridized carbons (Fsp3) is 0.174. The fourth-order valence-electron chi connectivity index (χ4n) is 3.31. The van der Waals surface area contributed by atoms with E-state index in [1.54, 1.807) is 59.7 Å². The maximum Gasteiger partial charge on any atom is 0.258 e. The van der Waals surface area contributed by atoms with Gasteiger partial charge in [0.05, 0.1) is 23.7 Å². The minimum Gasteiger partial charge on any atom is -0.508 e. The molecule has 0 aliphatic heterocycles. The number of amides is 1. The van der Waals surface area contributed by atoms with Gasteiger partial charge < -0.3 is 19.4 Å². The van der Waals surface area contributed by atoms with E-state index in [1.165, 1.54) is 0 Å². The summed E-state index contributed by atoms with van der Waals surface area (Å²) in [5, 5.41) is 10.6. The first-order chi connectivity index (χ1) is 14.6. The number of carbonyl (C=O) groups is 1. The van der Waals surface area contributed by atoms with Crippen LogP contribution in [-0.2, 0) is 24.3 Å². The number of aromatic hydroxyl groups is 1. The molecule has 0 aliphatic rings. The minimum absolute atomic E-state index is 0.134. The van der Waals surface area contributed by atoms with Gasteiger partial charge in [-0.3, -0.25) is 9.59 Å². The van der Waals surface area contributed by atoms with Crippen LogP contribution in [0.1, 0.15) is 23.6 Å². The van der Waals surface area contributed by atoms with Gasteiger partial charge in [0.25, 0.3) is 5.56 Å². The molecule has 4 rings (SSSR count). The third-order valence-corrected chi connectivity index (χ3v) is 4.87. The summed E-state index contributed by atoms with van der Waals surface area (Å²) < 4.78 is 5.39. The number of phenols is 1. The molecule has 2 aromatic heterocycles. The van der Waals surface area contributed by atoms with Crippen LogP contribution in [0.15, 0.2) is 76.1 Å². The molecule has 0 atom stereocenters. The number of aromatic nitrogens is 2. The zero-order chi connectivity index (χ0) is 20.9. The van der Waals surface area contributed by atoms with Crippen molar-refractivity contribution in [2.45, 2.75) is 25.9 Å². The molecule has 152 valence electrons. The van der Waals surface area contributed by atoms with Crippen LogP contribution in [0.2, 0.25) is 0 Å². The average Bonchev–Trinajstić information content (AvgIpc) is 3.26. The fourth-order valence-corrected chi connectivity index (χ4v) is 3.31. The molecule has 0 spiro atoms. The van der Waals surface area contributed by atoms with Crippen molar-refractivity contribution >= 4 is 16.8 Å². The number of furan rings is 1. The smallest absolute Gasteiger partial charge is 0.258 e. The third kappa shape index (κ3) is 4.41. The molecule has 1 amide bonds. The van der Waals surface area contributed by atoms with Crippen molar-refractivity contribution in [1.82, 2.24) is 14.9 Å². The van der Waals surface area contributed by atoms with Crippen molar-refractivity contribution in [2.75, 3.05) is 0 Å². The monoisotopic (exact) mass is 403 g/mol. The molecule has 0 unspecified atom stereocenters. The quantitative estimate of drug-likeness (QED) is 0.493. The lowest BCUT2D eigenvalue weighted by atomic mass is 10.1. The Morgan fingerprint density at radius 2 is 1.83 bits per heavy atom. The number of hydrogen-bond acceptors (Lipinski definition) is 5. The molecule has 2 N–H and O–H groups in total. The molecular weight excluding hydrogens is 382 g/mol. The van der Waals surface area contributed by atoms with Crippen LogP contribution in [0.5, 0.6) is 5.75 Å². The van der Waals surface area contributed by atoms with Gasteiger partial charge in [-0.25, -0.2) is 4.98 Å². The Hall–Kier alpha value is -3.87. The van der Waals surface area contributed by atoms with E-state index < -0.39 is 0 Å². The zero-order valence-corrected chi connectivity index (χ0v) is 16.2. The van der Waals surface area contributed by atoms with E-state index >= 15 is 0 Å². The third-order valence-electron chi connectivity index (χ3n) is 4.87. The Bertz CT molecular complexity index is 1210. The Balaban J connectivity index is 1.51. The number of carbonyl (C=O) groups excluding carboxylic acids is 1. The van der Waals surface area contributed by atoms with Crippen LogP contribution < -0.4 is 5.56 Å². The number of H-pyrrole nitrogens is 1. The molecule has 0 saturated heterocycles. The van der Waals surface area contributed by atoms with Gasteiger partial charge >= 0.3 is 0 Å². The van der Waals surface area contributed by atoms with Crippen molar-refractivity contribution in [1.29, 1.82) is 0 Å². The number of fused-ring (bicyclic) bond motifs is 1. The van der Waals surface area contributed by atoms with Gasteiger partial charge in [0, 0.05) is 24.9 Å². The molecule has 0 aliphatic carbocycles. The number of aryl methyl sites for hydroxylation is 1.